The van der Waals surface area contributed by atoms with Crippen LogP contribution in [0, 0.1) is 0 Å². The summed E-state index contributed by atoms with van der Waals surface area (Å²) in [6, 6.07) is 16.8. The van der Waals surface area contributed by atoms with Gasteiger partial charge in [-0.1, -0.05) is 36.4 Å². The third kappa shape index (κ3) is 3.54. The van der Waals surface area contributed by atoms with Gasteiger partial charge >= 0.3 is 0 Å². The van der Waals surface area contributed by atoms with E-state index in [4.69, 9.17) is 5.73 Å². The minimum absolute atomic E-state index is 0.102. The summed E-state index contributed by atoms with van der Waals surface area (Å²) in [5, 5.41) is 4.80. The molecule has 1 aliphatic rings. The van der Waals surface area contributed by atoms with Crippen molar-refractivity contribution in [3.63, 3.8) is 0 Å². The first-order valence-corrected chi connectivity index (χ1v) is 9.24. The van der Waals surface area contributed by atoms with Crippen molar-refractivity contribution in [2.24, 2.45) is 10.7 Å². The molecule has 1 atom stereocenters. The molecule has 0 bridgehead atoms. The van der Waals surface area contributed by atoms with E-state index in [1.54, 1.807) is 25.4 Å². The molecule has 0 spiro atoms. The average molecular weight is 387 g/mol. The Hall–Kier alpha value is -3.74. The molecule has 0 unspecified atom stereocenters. The minimum atomic E-state index is -0.782. The SMILES string of the molecule is CN1C(=O)C[C@@](C)(c2cccc(NC(=O)c3cc4ccccc4cn3)c2)N=C1N. The number of aromatic nitrogens is 1. The normalized spacial score (nSPS) is 19.2. The Morgan fingerprint density at radius 2 is 1.90 bits per heavy atom. The Morgan fingerprint density at radius 1 is 1.14 bits per heavy atom. The second-order valence-electron chi connectivity index (χ2n) is 7.33. The van der Waals surface area contributed by atoms with Crippen LogP contribution < -0.4 is 11.1 Å². The van der Waals surface area contributed by atoms with Gasteiger partial charge in [0.25, 0.3) is 5.91 Å². The van der Waals surface area contributed by atoms with Gasteiger partial charge in [0.2, 0.25) is 5.91 Å². The highest BCUT2D eigenvalue weighted by molar-refractivity contribution is 6.05. The second kappa shape index (κ2) is 7.01. The standard InChI is InChI=1S/C22H21N5O2/c1-22(12-19(28)27(2)21(23)26-22)16-8-5-9-17(11-16)25-20(29)18-10-14-6-3-4-7-15(14)13-24-18/h3-11,13H,12H2,1-2H3,(H2,23,26)(H,25,29)/t22-/m0/s1. The van der Waals surface area contributed by atoms with Crippen molar-refractivity contribution in [2.75, 3.05) is 12.4 Å². The zero-order valence-electron chi connectivity index (χ0n) is 16.2. The van der Waals surface area contributed by atoms with E-state index in [2.05, 4.69) is 15.3 Å². The molecule has 3 aromatic rings. The lowest BCUT2D eigenvalue weighted by atomic mass is 9.87. The molecule has 1 aromatic heterocycles. The van der Waals surface area contributed by atoms with E-state index in [9.17, 15) is 9.59 Å². The Kier molecular flexibility index (Phi) is 4.50. The van der Waals surface area contributed by atoms with Gasteiger partial charge in [-0.2, -0.15) is 0 Å². The van der Waals surface area contributed by atoms with Gasteiger partial charge < -0.3 is 11.1 Å². The molecule has 7 heteroatoms. The lowest BCUT2D eigenvalue weighted by Gasteiger charge is -2.33. The van der Waals surface area contributed by atoms with E-state index in [0.29, 0.717) is 11.4 Å². The molecule has 146 valence electrons. The first-order valence-electron chi connectivity index (χ1n) is 9.24. The number of amides is 2. The molecule has 3 N–H and O–H groups in total. The van der Waals surface area contributed by atoms with Crippen LogP contribution in [-0.2, 0) is 10.3 Å². The summed E-state index contributed by atoms with van der Waals surface area (Å²) in [7, 11) is 1.61. The molecule has 0 saturated carbocycles. The summed E-state index contributed by atoms with van der Waals surface area (Å²) in [6.45, 7) is 1.86. The number of nitrogens with one attached hydrogen (secondary N) is 1. The largest absolute Gasteiger partial charge is 0.369 e. The number of aliphatic imine (C=N–C) groups is 1. The van der Waals surface area contributed by atoms with E-state index in [0.717, 1.165) is 16.3 Å². The van der Waals surface area contributed by atoms with Crippen LogP contribution in [0.15, 0.2) is 65.8 Å². The number of benzene rings is 2. The van der Waals surface area contributed by atoms with Crippen LogP contribution in [0.5, 0.6) is 0 Å². The molecule has 0 saturated heterocycles. The van der Waals surface area contributed by atoms with Gasteiger partial charge in [0.1, 0.15) is 5.69 Å². The summed E-state index contributed by atoms with van der Waals surface area (Å²) in [6.07, 6.45) is 1.89. The average Bonchev–Trinajstić information content (AvgIpc) is 2.72. The molecular formula is C22H21N5O2. The maximum absolute atomic E-state index is 12.7. The topological polar surface area (TPSA) is 101 Å². The third-order valence-corrected chi connectivity index (χ3v) is 5.18. The second-order valence-corrected chi connectivity index (χ2v) is 7.33. The molecule has 0 aliphatic carbocycles. The van der Waals surface area contributed by atoms with Gasteiger partial charge in [-0.25, -0.2) is 4.99 Å². The molecule has 2 heterocycles. The van der Waals surface area contributed by atoms with Crippen LogP contribution in [-0.4, -0.2) is 34.7 Å². The highest BCUT2D eigenvalue weighted by Crippen LogP contribution is 2.34. The van der Waals surface area contributed by atoms with E-state index < -0.39 is 5.54 Å². The van der Waals surface area contributed by atoms with Crippen molar-refractivity contribution in [3.05, 3.63) is 72.1 Å². The van der Waals surface area contributed by atoms with Crippen molar-refractivity contribution in [1.82, 2.24) is 9.88 Å². The molecule has 29 heavy (non-hydrogen) atoms. The number of rotatable bonds is 3. The van der Waals surface area contributed by atoms with Gasteiger partial charge in [-0.15, -0.1) is 0 Å². The summed E-state index contributed by atoms with van der Waals surface area (Å²) in [5.74, 6) is -0.228. The van der Waals surface area contributed by atoms with E-state index >= 15 is 0 Å². The smallest absolute Gasteiger partial charge is 0.274 e. The zero-order chi connectivity index (χ0) is 20.6. The molecule has 1 aliphatic heterocycles. The van der Waals surface area contributed by atoms with Crippen molar-refractivity contribution in [1.29, 1.82) is 0 Å². The van der Waals surface area contributed by atoms with E-state index in [1.807, 2.05) is 49.4 Å². The summed E-state index contributed by atoms with van der Waals surface area (Å²) in [4.78, 5) is 35.0. The predicted octanol–water partition coefficient (Wildman–Crippen LogP) is 2.88. The quantitative estimate of drug-likeness (QED) is 0.721. The Bertz CT molecular complexity index is 1160. The van der Waals surface area contributed by atoms with Crippen molar-refractivity contribution in [3.8, 4) is 0 Å². The number of nitrogens with zero attached hydrogens (tertiary/aromatic N) is 3. The molecule has 2 aromatic carbocycles. The molecular weight excluding hydrogens is 366 g/mol. The summed E-state index contributed by atoms with van der Waals surface area (Å²) < 4.78 is 0. The lowest BCUT2D eigenvalue weighted by molar-refractivity contribution is -0.128. The zero-order valence-corrected chi connectivity index (χ0v) is 16.2. The number of fused-ring (bicyclic) bond motifs is 1. The third-order valence-electron chi connectivity index (χ3n) is 5.18. The fourth-order valence-electron chi connectivity index (χ4n) is 3.41. The number of hydrogen-bond acceptors (Lipinski definition) is 5. The van der Waals surface area contributed by atoms with Gasteiger partial charge in [0.15, 0.2) is 5.96 Å². The van der Waals surface area contributed by atoms with Gasteiger partial charge in [0.05, 0.1) is 12.0 Å². The van der Waals surface area contributed by atoms with E-state index in [-0.39, 0.29) is 24.2 Å². The fraction of sp³-hybridized carbons (Fsp3) is 0.182. The lowest BCUT2D eigenvalue weighted by Crippen LogP contribution is -2.47. The van der Waals surface area contributed by atoms with Crippen LogP contribution in [0.4, 0.5) is 5.69 Å². The van der Waals surface area contributed by atoms with Crippen LogP contribution in [0.2, 0.25) is 0 Å². The highest BCUT2D eigenvalue weighted by atomic mass is 16.2. The van der Waals surface area contributed by atoms with Gasteiger partial charge in [-0.05, 0) is 36.1 Å². The Labute approximate surface area is 168 Å². The predicted molar refractivity (Wildman–Crippen MR) is 112 cm³/mol. The van der Waals surface area contributed by atoms with Crippen molar-refractivity contribution >= 4 is 34.2 Å². The van der Waals surface area contributed by atoms with Crippen LogP contribution in [0.3, 0.4) is 0 Å². The number of carbonyl (C=O) groups is 2. The van der Waals surface area contributed by atoms with Gasteiger partial charge in [-0.3, -0.25) is 19.5 Å². The first-order chi connectivity index (χ1) is 13.9. The molecule has 7 nitrogen and oxygen atoms in total. The van der Waals surface area contributed by atoms with Crippen molar-refractivity contribution < 1.29 is 9.59 Å². The van der Waals surface area contributed by atoms with E-state index in [1.165, 1.54) is 4.90 Å². The maximum atomic E-state index is 12.7. The number of nitrogens with two attached hydrogens (primary N) is 1. The first kappa shape index (κ1) is 18.6. The molecule has 0 radical (unpaired) electrons. The number of pyridine rings is 1. The Morgan fingerprint density at radius 3 is 2.66 bits per heavy atom. The maximum Gasteiger partial charge on any atom is 0.274 e. The number of hydrogen-bond donors (Lipinski definition) is 2. The van der Waals surface area contributed by atoms with Crippen molar-refractivity contribution in [2.45, 2.75) is 18.9 Å². The fourth-order valence-corrected chi connectivity index (χ4v) is 3.41. The number of guanidine groups is 1. The van der Waals surface area contributed by atoms with Crippen LogP contribution in [0.1, 0.15) is 29.4 Å². The monoisotopic (exact) mass is 387 g/mol. The minimum Gasteiger partial charge on any atom is -0.369 e. The molecule has 4 rings (SSSR count). The highest BCUT2D eigenvalue weighted by Gasteiger charge is 2.36. The molecule has 0 fully saturated rings. The Balaban J connectivity index is 1.60. The van der Waals surface area contributed by atoms with Gasteiger partial charge in [0, 0.05) is 24.3 Å². The number of carbonyl (C=O) groups excluding carboxylic acids is 2. The summed E-state index contributed by atoms with van der Waals surface area (Å²) in [5.41, 5.74) is 6.85. The van der Waals surface area contributed by atoms with Crippen LogP contribution >= 0.6 is 0 Å². The summed E-state index contributed by atoms with van der Waals surface area (Å²) >= 11 is 0. The molecule has 2 amide bonds. The van der Waals surface area contributed by atoms with Crippen LogP contribution in [0.25, 0.3) is 10.8 Å². The number of anilines is 1.